The standard InChI is InChI=1S/C25H26N2O6S/c1-3-32-22(14-15-23(29)27-31)24(20-12-13-21(28)19-7-5-4-6-18(19)20)33-25(30)26-16-8-10-17(34-2)11-9-16/h4-15,22,24,28,31H,3H2,1-2H3,(H,26,30)(H,27,29)/b15-14+/t22-,24-/m0/s1. The zero-order chi connectivity index (χ0) is 24.5. The largest absolute Gasteiger partial charge is 0.507 e. The first-order valence-electron chi connectivity index (χ1n) is 10.5. The minimum absolute atomic E-state index is 0.0830. The molecule has 0 unspecified atom stereocenters. The molecule has 2 atom stereocenters. The van der Waals surface area contributed by atoms with Crippen molar-refractivity contribution in [1.82, 2.24) is 5.48 Å². The van der Waals surface area contributed by atoms with Crippen molar-refractivity contribution in [3.63, 3.8) is 0 Å². The molecular weight excluding hydrogens is 456 g/mol. The minimum atomic E-state index is -0.973. The molecule has 0 fully saturated rings. The molecular formula is C25H26N2O6S. The van der Waals surface area contributed by atoms with E-state index in [9.17, 15) is 14.7 Å². The van der Waals surface area contributed by atoms with Gasteiger partial charge in [-0.2, -0.15) is 0 Å². The van der Waals surface area contributed by atoms with Gasteiger partial charge in [0.1, 0.15) is 11.9 Å². The highest BCUT2D eigenvalue weighted by Gasteiger charge is 2.28. The number of fused-ring (bicyclic) bond motifs is 1. The van der Waals surface area contributed by atoms with Crippen LogP contribution in [0.3, 0.4) is 0 Å². The number of ether oxygens (including phenoxy) is 2. The van der Waals surface area contributed by atoms with Gasteiger partial charge in [0.25, 0.3) is 5.91 Å². The third-order valence-electron chi connectivity index (χ3n) is 5.02. The molecule has 0 aromatic heterocycles. The van der Waals surface area contributed by atoms with Gasteiger partial charge in [-0.1, -0.05) is 30.3 Å². The fraction of sp³-hybridized carbons (Fsp3) is 0.200. The van der Waals surface area contributed by atoms with Crippen molar-refractivity contribution >= 4 is 40.2 Å². The van der Waals surface area contributed by atoms with E-state index in [1.807, 2.05) is 18.4 Å². The number of phenolic OH excluding ortho intramolecular Hbond substituents is 1. The second kappa shape index (κ2) is 12.1. The number of benzene rings is 3. The fourth-order valence-corrected chi connectivity index (χ4v) is 3.86. The number of hydrogen-bond donors (Lipinski definition) is 4. The smallest absolute Gasteiger partial charge is 0.412 e. The number of anilines is 1. The number of aromatic hydroxyl groups is 1. The Kier molecular flexibility index (Phi) is 8.92. The van der Waals surface area contributed by atoms with Gasteiger partial charge in [-0.05, 0) is 55.0 Å². The Hall–Kier alpha value is -3.53. The first-order chi connectivity index (χ1) is 16.5. The topological polar surface area (TPSA) is 117 Å². The second-order valence-electron chi connectivity index (χ2n) is 7.15. The van der Waals surface area contributed by atoms with Crippen LogP contribution in [0, 0.1) is 0 Å². The van der Waals surface area contributed by atoms with Crippen LogP contribution in [0.4, 0.5) is 10.5 Å². The lowest BCUT2D eigenvalue weighted by Gasteiger charge is -2.26. The molecule has 0 bridgehead atoms. The van der Waals surface area contributed by atoms with E-state index in [-0.39, 0.29) is 12.4 Å². The molecule has 9 heteroatoms. The molecule has 0 radical (unpaired) electrons. The number of amides is 2. The Morgan fingerprint density at radius 2 is 1.76 bits per heavy atom. The van der Waals surface area contributed by atoms with Crippen molar-refractivity contribution < 1.29 is 29.4 Å². The van der Waals surface area contributed by atoms with Crippen molar-refractivity contribution in [2.45, 2.75) is 24.0 Å². The quantitative estimate of drug-likeness (QED) is 0.146. The Morgan fingerprint density at radius 1 is 1.06 bits per heavy atom. The van der Waals surface area contributed by atoms with E-state index in [2.05, 4.69) is 5.32 Å². The van der Waals surface area contributed by atoms with Crippen molar-refractivity contribution in [1.29, 1.82) is 0 Å². The number of phenols is 1. The van der Waals surface area contributed by atoms with E-state index in [1.54, 1.807) is 61.2 Å². The summed E-state index contributed by atoms with van der Waals surface area (Å²) >= 11 is 1.59. The van der Waals surface area contributed by atoms with Gasteiger partial charge >= 0.3 is 6.09 Å². The predicted molar refractivity (Wildman–Crippen MR) is 131 cm³/mol. The molecule has 178 valence electrons. The van der Waals surface area contributed by atoms with Crippen LogP contribution in [-0.4, -0.2) is 41.3 Å². The molecule has 0 saturated carbocycles. The summed E-state index contributed by atoms with van der Waals surface area (Å²) in [5.41, 5.74) is 2.66. The fourth-order valence-electron chi connectivity index (χ4n) is 3.45. The Bertz CT molecular complexity index is 1170. The summed E-state index contributed by atoms with van der Waals surface area (Å²) in [5, 5.41) is 23.1. The summed E-state index contributed by atoms with van der Waals surface area (Å²) in [6.45, 7) is 2.04. The molecule has 4 N–H and O–H groups in total. The summed E-state index contributed by atoms with van der Waals surface area (Å²) in [6.07, 6.45) is 1.91. The Labute approximate surface area is 201 Å². The summed E-state index contributed by atoms with van der Waals surface area (Å²) in [7, 11) is 0. The number of carbonyl (C=O) groups is 2. The van der Waals surface area contributed by atoms with Gasteiger partial charge < -0.3 is 14.6 Å². The van der Waals surface area contributed by atoms with E-state index in [0.29, 0.717) is 22.0 Å². The number of hydrogen-bond acceptors (Lipinski definition) is 7. The van der Waals surface area contributed by atoms with Crippen LogP contribution in [0.15, 0.2) is 77.7 Å². The van der Waals surface area contributed by atoms with E-state index in [4.69, 9.17) is 14.7 Å². The summed E-state index contributed by atoms with van der Waals surface area (Å²) in [5.74, 6) is -0.669. The lowest BCUT2D eigenvalue weighted by molar-refractivity contribution is -0.124. The van der Waals surface area contributed by atoms with Gasteiger partial charge in [-0.3, -0.25) is 15.3 Å². The Morgan fingerprint density at radius 3 is 2.41 bits per heavy atom. The molecule has 0 saturated heterocycles. The minimum Gasteiger partial charge on any atom is -0.507 e. The Balaban J connectivity index is 1.99. The molecule has 8 nitrogen and oxygen atoms in total. The second-order valence-corrected chi connectivity index (χ2v) is 8.03. The van der Waals surface area contributed by atoms with Crippen LogP contribution in [0.1, 0.15) is 18.6 Å². The highest BCUT2D eigenvalue weighted by Crippen LogP contribution is 2.35. The van der Waals surface area contributed by atoms with Crippen molar-refractivity contribution in [2.24, 2.45) is 0 Å². The van der Waals surface area contributed by atoms with E-state index in [0.717, 1.165) is 11.0 Å². The maximum atomic E-state index is 12.9. The zero-order valence-electron chi connectivity index (χ0n) is 18.7. The normalized spacial score (nSPS) is 12.9. The lowest BCUT2D eigenvalue weighted by Crippen LogP contribution is -2.28. The van der Waals surface area contributed by atoms with E-state index in [1.165, 1.54) is 17.6 Å². The number of hydroxylamine groups is 1. The molecule has 34 heavy (non-hydrogen) atoms. The van der Waals surface area contributed by atoms with Gasteiger partial charge in [-0.15, -0.1) is 11.8 Å². The highest BCUT2D eigenvalue weighted by atomic mass is 32.2. The third-order valence-corrected chi connectivity index (χ3v) is 5.76. The van der Waals surface area contributed by atoms with Crippen LogP contribution >= 0.6 is 11.8 Å². The molecule has 0 spiro atoms. The molecule has 2 amide bonds. The molecule has 3 rings (SSSR count). The van der Waals surface area contributed by atoms with Gasteiger partial charge in [0.05, 0.1) is 0 Å². The third kappa shape index (κ3) is 6.28. The lowest BCUT2D eigenvalue weighted by atomic mass is 9.96. The molecule has 0 aliphatic carbocycles. The first-order valence-corrected chi connectivity index (χ1v) is 11.8. The van der Waals surface area contributed by atoms with Gasteiger partial charge in [0, 0.05) is 34.2 Å². The van der Waals surface area contributed by atoms with Crippen molar-refractivity contribution in [3.8, 4) is 5.75 Å². The number of nitrogens with one attached hydrogen (secondary N) is 2. The van der Waals surface area contributed by atoms with E-state index >= 15 is 0 Å². The van der Waals surface area contributed by atoms with Crippen molar-refractivity contribution in [3.05, 3.63) is 78.4 Å². The zero-order valence-corrected chi connectivity index (χ0v) is 19.5. The van der Waals surface area contributed by atoms with Crippen LogP contribution in [-0.2, 0) is 14.3 Å². The highest BCUT2D eigenvalue weighted by molar-refractivity contribution is 7.98. The number of carbonyl (C=O) groups excluding carboxylic acids is 2. The predicted octanol–water partition coefficient (Wildman–Crippen LogP) is 5.02. The summed E-state index contributed by atoms with van der Waals surface area (Å²) in [6, 6.07) is 17.6. The number of thioether (sulfide) groups is 1. The van der Waals surface area contributed by atoms with Gasteiger partial charge in [0.2, 0.25) is 0 Å². The summed E-state index contributed by atoms with van der Waals surface area (Å²) in [4.78, 5) is 25.5. The molecule has 0 aliphatic heterocycles. The SMILES string of the molecule is CCO[C@@H](/C=C/C(=O)NO)[C@@H](OC(=O)Nc1ccc(SC)cc1)c1ccc(O)c2ccccc12. The maximum absolute atomic E-state index is 12.9. The van der Waals surface area contributed by atoms with Crippen LogP contribution < -0.4 is 10.8 Å². The van der Waals surface area contributed by atoms with Crippen LogP contribution in [0.25, 0.3) is 10.8 Å². The van der Waals surface area contributed by atoms with E-state index < -0.39 is 24.2 Å². The maximum Gasteiger partial charge on any atom is 0.412 e. The first kappa shape index (κ1) is 25.1. The van der Waals surface area contributed by atoms with Crippen LogP contribution in [0.2, 0.25) is 0 Å². The monoisotopic (exact) mass is 482 g/mol. The van der Waals surface area contributed by atoms with Gasteiger partial charge in [-0.25, -0.2) is 10.3 Å². The molecule has 3 aromatic rings. The molecule has 0 heterocycles. The molecule has 3 aromatic carbocycles. The number of rotatable bonds is 9. The van der Waals surface area contributed by atoms with Crippen molar-refractivity contribution in [2.75, 3.05) is 18.2 Å². The van der Waals surface area contributed by atoms with Gasteiger partial charge in [0.15, 0.2) is 6.10 Å². The van der Waals surface area contributed by atoms with Crippen LogP contribution in [0.5, 0.6) is 5.75 Å². The average molecular weight is 483 g/mol. The average Bonchev–Trinajstić information content (AvgIpc) is 2.86. The molecule has 0 aliphatic rings. The summed E-state index contributed by atoms with van der Waals surface area (Å²) < 4.78 is 11.6.